The van der Waals surface area contributed by atoms with Crippen molar-refractivity contribution in [2.45, 2.75) is 0 Å². The third-order valence-electron chi connectivity index (χ3n) is 1.91. The molecule has 0 spiro atoms. The van der Waals surface area contributed by atoms with Gasteiger partial charge in [-0.2, -0.15) is 0 Å². The van der Waals surface area contributed by atoms with E-state index in [0.717, 1.165) is 0 Å². The summed E-state index contributed by atoms with van der Waals surface area (Å²) in [7, 11) is 0. The lowest BCUT2D eigenvalue weighted by Gasteiger charge is -1.62. The van der Waals surface area contributed by atoms with Crippen LogP contribution in [0.3, 0.4) is 0 Å². The molecule has 36 valence electrons. The molecule has 0 aliphatic heterocycles. The molecule has 0 aliphatic rings. The van der Waals surface area contributed by atoms with Crippen molar-refractivity contribution in [3.05, 3.63) is 24.3 Å². The van der Waals surface area contributed by atoms with Gasteiger partial charge >= 0.3 is 0 Å². The number of hydrogen-bond acceptors (Lipinski definition) is 0. The van der Waals surface area contributed by atoms with Gasteiger partial charge in [0.25, 0.3) is 0 Å². The van der Waals surface area contributed by atoms with Gasteiger partial charge in [-0.25, -0.2) is 0 Å². The summed E-state index contributed by atoms with van der Waals surface area (Å²) in [6, 6.07) is 8.75. The van der Waals surface area contributed by atoms with Crippen molar-refractivity contribution >= 4 is 21.5 Å². The predicted octanol–water partition coefficient (Wildman–Crippen LogP) is 2.31. The molecule has 0 aliphatic carbocycles. The summed E-state index contributed by atoms with van der Waals surface area (Å²) in [6.45, 7) is 0. The summed E-state index contributed by atoms with van der Waals surface area (Å²) in [5, 5.41) is 5.92. The molecule has 3 rings (SSSR count). The highest BCUT2D eigenvalue weighted by molar-refractivity contribution is 6.34. The third kappa shape index (κ3) is 0.148. The summed E-state index contributed by atoms with van der Waals surface area (Å²) in [6.07, 6.45) is 0. The lowest BCUT2D eigenvalue weighted by Crippen LogP contribution is -1.36. The van der Waals surface area contributed by atoms with Crippen LogP contribution in [0.5, 0.6) is 0 Å². The van der Waals surface area contributed by atoms with Crippen LogP contribution in [-0.2, 0) is 0 Å². The van der Waals surface area contributed by atoms with Gasteiger partial charge in [0.15, 0.2) is 0 Å². The van der Waals surface area contributed by atoms with Crippen LogP contribution in [0, 0.1) is 0 Å². The van der Waals surface area contributed by atoms with Crippen LogP contribution < -0.4 is 0 Å². The normalized spacial score (nSPS) is 13.0. The number of hydrogen-bond donors (Lipinski definition) is 0. The Hall–Kier alpha value is -1.04. The van der Waals surface area contributed by atoms with Gasteiger partial charge in [0, 0.05) is 0 Å². The molecule has 0 saturated carbocycles. The second-order valence-electron chi connectivity index (χ2n) is 2.32. The highest BCUT2D eigenvalue weighted by Gasteiger charge is 2.14. The maximum Gasteiger partial charge on any atom is -0.00264 e. The lowest BCUT2D eigenvalue weighted by atomic mass is 10.4. The van der Waals surface area contributed by atoms with Crippen LogP contribution in [0.25, 0.3) is 21.5 Å². The average molecular weight is 100 g/mol. The third-order valence-corrected chi connectivity index (χ3v) is 1.91. The first-order chi connectivity index (χ1) is 3.97. The summed E-state index contributed by atoms with van der Waals surface area (Å²) in [4.78, 5) is 0. The van der Waals surface area contributed by atoms with Crippen LogP contribution in [0.15, 0.2) is 24.3 Å². The van der Waals surface area contributed by atoms with Gasteiger partial charge in [-0.05, 0) is 21.5 Å². The molecule has 0 heteroatoms. The molecule has 3 aromatic rings. The molecule has 0 atom stereocenters. The Bertz CT molecular complexity index is 351. The van der Waals surface area contributed by atoms with Crippen molar-refractivity contribution in [2.24, 2.45) is 0 Å². The van der Waals surface area contributed by atoms with E-state index in [1.165, 1.54) is 21.5 Å². The summed E-state index contributed by atoms with van der Waals surface area (Å²) >= 11 is 0. The predicted molar refractivity (Wildman–Crippen MR) is 35.0 cm³/mol. The van der Waals surface area contributed by atoms with E-state index in [9.17, 15) is 0 Å². The van der Waals surface area contributed by atoms with Crippen LogP contribution in [0.1, 0.15) is 0 Å². The van der Waals surface area contributed by atoms with E-state index < -0.39 is 0 Å². The van der Waals surface area contributed by atoms with Crippen LogP contribution >= 0.6 is 0 Å². The zero-order valence-corrected chi connectivity index (χ0v) is 4.31. The first-order valence-electron chi connectivity index (χ1n) is 2.82. The van der Waals surface area contributed by atoms with E-state index in [2.05, 4.69) is 24.3 Å². The standard InChI is InChI=1S/C8H4/c1-3-6-7-4-2-5(1)8(6)7/h1-4H. The summed E-state index contributed by atoms with van der Waals surface area (Å²) in [5.74, 6) is 0. The van der Waals surface area contributed by atoms with Crippen molar-refractivity contribution in [1.82, 2.24) is 0 Å². The largest absolute Gasteiger partial charge is 0.0537 e. The molecule has 0 N–H and O–H groups in total. The SMILES string of the molecule is c1cc2c3ccc1c23. The van der Waals surface area contributed by atoms with Crippen molar-refractivity contribution in [3.63, 3.8) is 0 Å². The molecule has 0 heterocycles. The molecule has 0 amide bonds. The van der Waals surface area contributed by atoms with Crippen LogP contribution in [0.4, 0.5) is 0 Å². The Kier molecular flexibility index (Phi) is 0.252. The zero-order valence-electron chi connectivity index (χ0n) is 4.31. The molecule has 0 nitrogen and oxygen atoms in total. The monoisotopic (exact) mass is 100 g/mol. The minimum atomic E-state index is 1.43. The number of benzene rings is 2. The Balaban J connectivity index is 3.02. The fraction of sp³-hybridized carbons (Fsp3) is 0. The van der Waals surface area contributed by atoms with Gasteiger partial charge < -0.3 is 0 Å². The van der Waals surface area contributed by atoms with Gasteiger partial charge in [0.05, 0.1) is 0 Å². The van der Waals surface area contributed by atoms with Gasteiger partial charge in [-0.1, -0.05) is 24.3 Å². The number of rotatable bonds is 0. The fourth-order valence-electron chi connectivity index (χ4n) is 1.44. The van der Waals surface area contributed by atoms with Gasteiger partial charge in [0.1, 0.15) is 0 Å². The van der Waals surface area contributed by atoms with Crippen molar-refractivity contribution < 1.29 is 0 Å². The van der Waals surface area contributed by atoms with Crippen molar-refractivity contribution in [1.29, 1.82) is 0 Å². The molecule has 3 aromatic carbocycles. The minimum absolute atomic E-state index is 1.43. The molecule has 0 radical (unpaired) electrons. The van der Waals surface area contributed by atoms with Gasteiger partial charge in [-0.15, -0.1) is 0 Å². The maximum atomic E-state index is 2.19. The Morgan fingerprint density at radius 1 is 0.750 bits per heavy atom. The van der Waals surface area contributed by atoms with Gasteiger partial charge in [0.2, 0.25) is 0 Å². The summed E-state index contributed by atoms with van der Waals surface area (Å²) in [5.41, 5.74) is 0. The lowest BCUT2D eigenvalue weighted by molar-refractivity contribution is 2.09. The smallest absolute Gasteiger partial charge is 0.00264 e. The second kappa shape index (κ2) is 0.655. The highest BCUT2D eigenvalue weighted by atomic mass is 14.2. The van der Waals surface area contributed by atoms with E-state index in [1.54, 1.807) is 0 Å². The molecule has 0 saturated heterocycles. The summed E-state index contributed by atoms with van der Waals surface area (Å²) < 4.78 is 0. The highest BCUT2D eigenvalue weighted by Crippen LogP contribution is 2.42. The van der Waals surface area contributed by atoms with E-state index >= 15 is 0 Å². The topological polar surface area (TPSA) is 0 Å². The first kappa shape index (κ1) is 3.08. The molecule has 8 heavy (non-hydrogen) atoms. The molecule has 0 fully saturated rings. The molecular weight excluding hydrogens is 96.1 g/mol. The molecular formula is C8H4. The average Bonchev–Trinajstić information content (AvgIpc) is 2.11. The van der Waals surface area contributed by atoms with E-state index in [0.29, 0.717) is 0 Å². The number of fused-ring (bicyclic) bond motifs is 1. The van der Waals surface area contributed by atoms with E-state index in [-0.39, 0.29) is 0 Å². The fourth-order valence-corrected chi connectivity index (χ4v) is 1.44. The van der Waals surface area contributed by atoms with Crippen LogP contribution in [0.2, 0.25) is 0 Å². The Morgan fingerprint density at radius 3 is 1.75 bits per heavy atom. The van der Waals surface area contributed by atoms with Crippen LogP contribution in [-0.4, -0.2) is 0 Å². The minimum Gasteiger partial charge on any atom is -0.0537 e. The van der Waals surface area contributed by atoms with Gasteiger partial charge in [-0.3, -0.25) is 0 Å². The maximum absolute atomic E-state index is 2.19. The quantitative estimate of drug-likeness (QED) is 0.406. The van der Waals surface area contributed by atoms with E-state index in [4.69, 9.17) is 0 Å². The first-order valence-corrected chi connectivity index (χ1v) is 2.82. The van der Waals surface area contributed by atoms with Crippen molar-refractivity contribution in [2.75, 3.05) is 0 Å². The van der Waals surface area contributed by atoms with Crippen molar-refractivity contribution in [3.8, 4) is 0 Å². The van der Waals surface area contributed by atoms with E-state index in [1.807, 2.05) is 0 Å². The Labute approximate surface area is 46.7 Å². The molecule has 0 bridgehead atoms. The zero-order chi connectivity index (χ0) is 5.14. The Morgan fingerprint density at radius 2 is 1.38 bits per heavy atom. The molecule has 0 unspecified atom stereocenters. The second-order valence-corrected chi connectivity index (χ2v) is 2.32. The molecule has 0 aromatic heterocycles.